The number of Topliss-reactive ketones (excluding diaryl/α,β-unsaturated/α-hetero) is 1. The molecule has 3 nitrogen and oxygen atoms in total. The number of piperidine rings is 1. The number of rotatable bonds is 4. The lowest BCUT2D eigenvalue weighted by molar-refractivity contribution is 0.0762. The lowest BCUT2D eigenvalue weighted by Crippen LogP contribution is -2.40. The lowest BCUT2D eigenvalue weighted by Gasteiger charge is -2.32. The van der Waals surface area contributed by atoms with Crippen LogP contribution in [0.1, 0.15) is 43.0 Å². The Morgan fingerprint density at radius 1 is 1.32 bits per heavy atom. The highest BCUT2D eigenvalue weighted by atomic mass is 16.5. The first-order valence-corrected chi connectivity index (χ1v) is 7.20. The van der Waals surface area contributed by atoms with Crippen LogP contribution >= 0.6 is 0 Å². The van der Waals surface area contributed by atoms with Gasteiger partial charge in [0, 0.05) is 11.0 Å². The van der Waals surface area contributed by atoms with E-state index in [1.54, 1.807) is 0 Å². The summed E-state index contributed by atoms with van der Waals surface area (Å²) >= 11 is 0. The highest BCUT2D eigenvalue weighted by molar-refractivity contribution is 6.00. The molecule has 102 valence electrons. The monoisotopic (exact) mass is 259 g/mol. The van der Waals surface area contributed by atoms with Crippen molar-refractivity contribution in [3.8, 4) is 5.75 Å². The van der Waals surface area contributed by atoms with Crippen molar-refractivity contribution in [2.24, 2.45) is 5.41 Å². The fourth-order valence-electron chi connectivity index (χ4n) is 2.64. The van der Waals surface area contributed by atoms with E-state index >= 15 is 0 Å². The minimum absolute atomic E-state index is 0.219. The number of nitrogens with one attached hydrogen (secondary N) is 1. The number of hydrogen-bond acceptors (Lipinski definition) is 3. The first-order valence-electron chi connectivity index (χ1n) is 7.20. The van der Waals surface area contributed by atoms with E-state index in [2.05, 4.69) is 12.2 Å². The normalized spacial score (nSPS) is 21.9. The predicted molar refractivity (Wildman–Crippen MR) is 74.6 cm³/mol. The molecule has 2 aliphatic rings. The number of carbonyl (C=O) groups excluding carboxylic acids is 1. The van der Waals surface area contributed by atoms with Gasteiger partial charge in [0.2, 0.25) is 0 Å². The summed E-state index contributed by atoms with van der Waals surface area (Å²) in [6.07, 6.45) is 4.49. The van der Waals surface area contributed by atoms with Crippen LogP contribution in [0.4, 0.5) is 0 Å². The van der Waals surface area contributed by atoms with E-state index in [-0.39, 0.29) is 11.2 Å². The molecule has 0 amide bonds. The van der Waals surface area contributed by atoms with Gasteiger partial charge in [-0.2, -0.15) is 0 Å². The summed E-state index contributed by atoms with van der Waals surface area (Å²) in [5.74, 6) is 1.10. The first-order chi connectivity index (χ1) is 9.17. The Morgan fingerprint density at radius 3 is 2.74 bits per heavy atom. The molecule has 1 aliphatic heterocycles. The molecule has 0 radical (unpaired) electrons. The van der Waals surface area contributed by atoms with Gasteiger partial charge in [0.25, 0.3) is 0 Å². The summed E-state index contributed by atoms with van der Waals surface area (Å²) in [5.41, 5.74) is 0.575. The predicted octanol–water partition coefficient (Wildman–Crippen LogP) is 2.80. The first kappa shape index (κ1) is 12.7. The third kappa shape index (κ3) is 2.81. The van der Waals surface area contributed by atoms with E-state index in [4.69, 9.17) is 4.74 Å². The zero-order valence-corrected chi connectivity index (χ0v) is 11.4. The topological polar surface area (TPSA) is 38.3 Å². The molecular formula is C16H21NO2. The van der Waals surface area contributed by atoms with Crippen LogP contribution < -0.4 is 10.1 Å². The van der Waals surface area contributed by atoms with Gasteiger partial charge in [-0.3, -0.25) is 4.79 Å². The van der Waals surface area contributed by atoms with Gasteiger partial charge in [0.1, 0.15) is 5.75 Å². The van der Waals surface area contributed by atoms with Crippen LogP contribution in [0.25, 0.3) is 0 Å². The zero-order valence-electron chi connectivity index (χ0n) is 11.4. The SMILES string of the molecule is CC1(C(=O)c2cccc(OC3CC3)c2)CCNCC1. The molecule has 1 aromatic rings. The van der Waals surface area contributed by atoms with Crippen molar-refractivity contribution in [3.63, 3.8) is 0 Å². The lowest BCUT2D eigenvalue weighted by atomic mass is 9.75. The minimum Gasteiger partial charge on any atom is -0.490 e. The van der Waals surface area contributed by atoms with Crippen LogP contribution in [0, 0.1) is 5.41 Å². The second kappa shape index (κ2) is 4.97. The van der Waals surface area contributed by atoms with Gasteiger partial charge in [-0.1, -0.05) is 19.1 Å². The van der Waals surface area contributed by atoms with Gasteiger partial charge in [0.15, 0.2) is 5.78 Å². The van der Waals surface area contributed by atoms with Crippen LogP contribution in [-0.4, -0.2) is 25.0 Å². The Balaban J connectivity index is 1.78. The van der Waals surface area contributed by atoms with Gasteiger partial charge in [-0.05, 0) is 50.9 Å². The average Bonchev–Trinajstić information content (AvgIpc) is 3.23. The maximum absolute atomic E-state index is 12.7. The van der Waals surface area contributed by atoms with E-state index in [9.17, 15) is 4.79 Å². The van der Waals surface area contributed by atoms with E-state index in [0.717, 1.165) is 50.1 Å². The van der Waals surface area contributed by atoms with Crippen LogP contribution in [0.3, 0.4) is 0 Å². The van der Waals surface area contributed by atoms with E-state index in [1.165, 1.54) is 0 Å². The van der Waals surface area contributed by atoms with Crippen molar-refractivity contribution in [1.29, 1.82) is 0 Å². The van der Waals surface area contributed by atoms with Crippen molar-refractivity contribution >= 4 is 5.78 Å². The average molecular weight is 259 g/mol. The summed E-state index contributed by atoms with van der Waals surface area (Å²) in [7, 11) is 0. The third-order valence-corrected chi connectivity index (χ3v) is 4.18. The number of benzene rings is 1. The molecule has 1 saturated carbocycles. The molecule has 0 aromatic heterocycles. The summed E-state index contributed by atoms with van der Waals surface area (Å²) in [4.78, 5) is 12.7. The Kier molecular flexibility index (Phi) is 3.31. The minimum atomic E-state index is -0.219. The molecule has 0 atom stereocenters. The van der Waals surface area contributed by atoms with Gasteiger partial charge in [-0.15, -0.1) is 0 Å². The molecule has 0 spiro atoms. The van der Waals surface area contributed by atoms with Crippen molar-refractivity contribution in [3.05, 3.63) is 29.8 Å². The molecule has 0 bridgehead atoms. The van der Waals surface area contributed by atoms with E-state index < -0.39 is 0 Å². The molecule has 1 heterocycles. The van der Waals surface area contributed by atoms with Gasteiger partial charge in [-0.25, -0.2) is 0 Å². The Bertz CT molecular complexity index is 473. The highest BCUT2D eigenvalue weighted by Crippen LogP contribution is 2.33. The van der Waals surface area contributed by atoms with Crippen LogP contribution in [0.2, 0.25) is 0 Å². The molecule has 19 heavy (non-hydrogen) atoms. The van der Waals surface area contributed by atoms with Crippen LogP contribution in [-0.2, 0) is 0 Å². The molecule has 1 aromatic carbocycles. The Morgan fingerprint density at radius 2 is 2.05 bits per heavy atom. The number of hydrogen-bond donors (Lipinski definition) is 1. The smallest absolute Gasteiger partial charge is 0.168 e. The molecule has 1 aliphatic carbocycles. The Hall–Kier alpha value is -1.35. The van der Waals surface area contributed by atoms with Crippen molar-refractivity contribution in [1.82, 2.24) is 5.32 Å². The highest BCUT2D eigenvalue weighted by Gasteiger charge is 2.35. The summed E-state index contributed by atoms with van der Waals surface area (Å²) in [5, 5.41) is 3.32. The van der Waals surface area contributed by atoms with Gasteiger partial charge < -0.3 is 10.1 Å². The van der Waals surface area contributed by atoms with Gasteiger partial charge in [0.05, 0.1) is 6.10 Å². The summed E-state index contributed by atoms with van der Waals surface area (Å²) in [6, 6.07) is 7.69. The molecular weight excluding hydrogens is 238 g/mol. The number of carbonyl (C=O) groups is 1. The molecule has 0 unspecified atom stereocenters. The summed E-state index contributed by atoms with van der Waals surface area (Å²) in [6.45, 7) is 3.95. The molecule has 3 rings (SSSR count). The quantitative estimate of drug-likeness (QED) is 0.845. The molecule has 3 heteroatoms. The van der Waals surface area contributed by atoms with Crippen molar-refractivity contribution in [2.45, 2.75) is 38.7 Å². The second-order valence-electron chi connectivity index (χ2n) is 5.98. The van der Waals surface area contributed by atoms with Crippen molar-refractivity contribution in [2.75, 3.05) is 13.1 Å². The fourth-order valence-corrected chi connectivity index (χ4v) is 2.64. The fraction of sp³-hybridized carbons (Fsp3) is 0.562. The van der Waals surface area contributed by atoms with Gasteiger partial charge >= 0.3 is 0 Å². The number of ether oxygens (including phenoxy) is 1. The Labute approximate surface area is 114 Å². The zero-order chi connectivity index (χ0) is 13.3. The standard InChI is InChI=1S/C16H21NO2/c1-16(7-9-17-10-8-16)15(18)12-3-2-4-14(11-12)19-13-5-6-13/h2-4,11,13,17H,5-10H2,1H3. The van der Waals surface area contributed by atoms with Crippen LogP contribution in [0.15, 0.2) is 24.3 Å². The van der Waals surface area contributed by atoms with E-state index in [0.29, 0.717) is 6.10 Å². The molecule has 1 saturated heterocycles. The number of ketones is 1. The maximum Gasteiger partial charge on any atom is 0.168 e. The second-order valence-corrected chi connectivity index (χ2v) is 5.98. The third-order valence-electron chi connectivity index (χ3n) is 4.18. The largest absolute Gasteiger partial charge is 0.490 e. The maximum atomic E-state index is 12.7. The molecule has 1 N–H and O–H groups in total. The van der Waals surface area contributed by atoms with Crippen LogP contribution in [0.5, 0.6) is 5.75 Å². The summed E-state index contributed by atoms with van der Waals surface area (Å²) < 4.78 is 5.77. The molecule has 2 fully saturated rings. The van der Waals surface area contributed by atoms with Crippen molar-refractivity contribution < 1.29 is 9.53 Å². The van der Waals surface area contributed by atoms with E-state index in [1.807, 2.05) is 24.3 Å².